The van der Waals surface area contributed by atoms with Crippen LogP contribution in [0.3, 0.4) is 0 Å². The smallest absolute Gasteiger partial charge is 0.337 e. The number of urea groups is 1. The summed E-state index contributed by atoms with van der Waals surface area (Å²) in [5.41, 5.74) is 0.401. The third-order valence-corrected chi connectivity index (χ3v) is 3.21. The predicted molar refractivity (Wildman–Crippen MR) is 69.6 cm³/mol. The Balaban J connectivity index is 2.05. The number of amides is 2. The van der Waals surface area contributed by atoms with Crippen molar-refractivity contribution in [1.82, 2.24) is 4.90 Å². The van der Waals surface area contributed by atoms with Gasteiger partial charge < -0.3 is 20.4 Å². The Morgan fingerprint density at radius 1 is 1.42 bits per heavy atom. The fourth-order valence-electron chi connectivity index (χ4n) is 1.90. The molecule has 6 nitrogen and oxygen atoms in total. The molecule has 19 heavy (non-hydrogen) atoms. The maximum atomic E-state index is 11.8. The maximum absolute atomic E-state index is 11.8. The van der Waals surface area contributed by atoms with E-state index >= 15 is 0 Å². The van der Waals surface area contributed by atoms with E-state index in [2.05, 4.69) is 5.32 Å². The molecular weight excluding hydrogens is 272 g/mol. The van der Waals surface area contributed by atoms with E-state index in [1.54, 1.807) is 0 Å². The lowest BCUT2D eigenvalue weighted by Gasteiger charge is -2.16. The number of aliphatic hydroxyl groups is 1. The number of carboxylic acid groups (broad SMARTS) is 1. The SMILES string of the molecule is O=C(O)c1ccc(NC(=O)N2CCC(O)C2)cc1Cl. The quantitative estimate of drug-likeness (QED) is 0.770. The number of anilines is 1. The van der Waals surface area contributed by atoms with E-state index < -0.39 is 12.1 Å². The van der Waals surface area contributed by atoms with E-state index in [4.69, 9.17) is 16.7 Å². The number of aliphatic hydroxyl groups excluding tert-OH is 1. The normalized spacial score (nSPS) is 18.4. The summed E-state index contributed by atoms with van der Waals surface area (Å²) in [5.74, 6) is -1.12. The van der Waals surface area contributed by atoms with Gasteiger partial charge in [0, 0.05) is 18.8 Å². The zero-order valence-corrected chi connectivity index (χ0v) is 10.7. The second kappa shape index (κ2) is 5.46. The van der Waals surface area contributed by atoms with Crippen LogP contribution in [0, 0.1) is 0 Å². The molecule has 1 aromatic carbocycles. The van der Waals surface area contributed by atoms with E-state index in [1.165, 1.54) is 23.1 Å². The molecule has 2 rings (SSSR count). The number of halogens is 1. The molecule has 1 saturated heterocycles. The summed E-state index contributed by atoms with van der Waals surface area (Å²) in [6.45, 7) is 0.792. The number of carboxylic acids is 1. The molecule has 0 aliphatic carbocycles. The maximum Gasteiger partial charge on any atom is 0.337 e. The largest absolute Gasteiger partial charge is 0.478 e. The minimum Gasteiger partial charge on any atom is -0.478 e. The molecule has 0 radical (unpaired) electrons. The highest BCUT2D eigenvalue weighted by molar-refractivity contribution is 6.33. The highest BCUT2D eigenvalue weighted by atomic mass is 35.5. The average Bonchev–Trinajstić information content (AvgIpc) is 2.75. The summed E-state index contributed by atoms with van der Waals surface area (Å²) < 4.78 is 0. The van der Waals surface area contributed by atoms with Crippen LogP contribution in [0.1, 0.15) is 16.8 Å². The number of β-amino-alcohol motifs (C(OH)–C–C–N with tert-alkyl or cyclic N) is 1. The summed E-state index contributed by atoms with van der Waals surface area (Å²) in [6.07, 6.45) is 0.0790. The summed E-state index contributed by atoms with van der Waals surface area (Å²) in [4.78, 5) is 24.1. The van der Waals surface area contributed by atoms with Crippen LogP contribution in [0.5, 0.6) is 0 Å². The number of benzene rings is 1. The standard InChI is InChI=1S/C12H13ClN2O4/c13-10-5-7(1-2-9(10)11(17)18)14-12(19)15-4-3-8(16)6-15/h1-2,5,8,16H,3-4,6H2,(H,14,19)(H,17,18). The minimum atomic E-state index is -1.12. The Bertz CT molecular complexity index is 520. The highest BCUT2D eigenvalue weighted by Crippen LogP contribution is 2.21. The molecule has 3 N–H and O–H groups in total. The van der Waals surface area contributed by atoms with Crippen molar-refractivity contribution in [1.29, 1.82) is 0 Å². The van der Waals surface area contributed by atoms with Crippen LogP contribution in [0.4, 0.5) is 10.5 Å². The summed E-state index contributed by atoms with van der Waals surface area (Å²) in [6, 6.07) is 3.85. The molecule has 0 spiro atoms. The van der Waals surface area contributed by atoms with Gasteiger partial charge in [-0.3, -0.25) is 0 Å². The first kappa shape index (κ1) is 13.6. The topological polar surface area (TPSA) is 89.9 Å². The zero-order valence-electron chi connectivity index (χ0n) is 9.97. The van der Waals surface area contributed by atoms with Crippen molar-refractivity contribution >= 4 is 29.3 Å². The lowest BCUT2D eigenvalue weighted by Crippen LogP contribution is -2.33. The Morgan fingerprint density at radius 3 is 2.68 bits per heavy atom. The van der Waals surface area contributed by atoms with Gasteiger partial charge in [-0.1, -0.05) is 11.6 Å². The second-order valence-corrected chi connectivity index (χ2v) is 4.73. The molecule has 2 amide bonds. The molecule has 1 atom stereocenters. The van der Waals surface area contributed by atoms with Gasteiger partial charge in [0.05, 0.1) is 16.7 Å². The second-order valence-electron chi connectivity index (χ2n) is 4.32. The molecule has 0 bridgehead atoms. The van der Waals surface area contributed by atoms with Gasteiger partial charge in [0.2, 0.25) is 0 Å². The Kier molecular flexibility index (Phi) is 3.92. The number of aromatic carboxylic acids is 1. The van der Waals surface area contributed by atoms with Crippen molar-refractivity contribution in [2.75, 3.05) is 18.4 Å². The van der Waals surface area contributed by atoms with Gasteiger partial charge >= 0.3 is 12.0 Å². The van der Waals surface area contributed by atoms with Gasteiger partial charge in [-0.05, 0) is 24.6 Å². The first-order valence-corrected chi connectivity index (χ1v) is 6.12. The first-order chi connectivity index (χ1) is 8.97. The van der Waals surface area contributed by atoms with Gasteiger partial charge in [-0.2, -0.15) is 0 Å². The molecule has 1 fully saturated rings. The number of rotatable bonds is 2. The van der Waals surface area contributed by atoms with E-state index in [1.807, 2.05) is 0 Å². The lowest BCUT2D eigenvalue weighted by atomic mass is 10.2. The molecule has 1 heterocycles. The Hall–Kier alpha value is -1.79. The molecule has 1 unspecified atom stereocenters. The van der Waals surface area contributed by atoms with Crippen LogP contribution in [-0.2, 0) is 0 Å². The third-order valence-electron chi connectivity index (χ3n) is 2.90. The number of likely N-dealkylation sites (tertiary alicyclic amines) is 1. The Morgan fingerprint density at radius 2 is 2.16 bits per heavy atom. The van der Waals surface area contributed by atoms with Gasteiger partial charge in [0.1, 0.15) is 0 Å². The molecule has 0 aromatic heterocycles. The van der Waals surface area contributed by atoms with Crippen LogP contribution in [0.15, 0.2) is 18.2 Å². The highest BCUT2D eigenvalue weighted by Gasteiger charge is 2.24. The molecular formula is C12H13ClN2O4. The van der Waals surface area contributed by atoms with Crippen LogP contribution >= 0.6 is 11.6 Å². The molecule has 1 aliphatic heterocycles. The van der Waals surface area contributed by atoms with Gasteiger partial charge in [0.25, 0.3) is 0 Å². The number of nitrogens with zero attached hydrogens (tertiary/aromatic N) is 1. The average molecular weight is 285 g/mol. The fraction of sp³-hybridized carbons (Fsp3) is 0.333. The fourth-order valence-corrected chi connectivity index (χ4v) is 2.16. The van der Waals surface area contributed by atoms with Crippen molar-refractivity contribution in [3.8, 4) is 0 Å². The van der Waals surface area contributed by atoms with E-state index in [-0.39, 0.29) is 16.6 Å². The minimum absolute atomic E-state index is 0.0174. The summed E-state index contributed by atoms with van der Waals surface area (Å²) >= 11 is 5.80. The number of hydrogen-bond donors (Lipinski definition) is 3. The molecule has 0 saturated carbocycles. The van der Waals surface area contributed by atoms with Crippen molar-refractivity contribution in [2.45, 2.75) is 12.5 Å². The van der Waals surface area contributed by atoms with Crippen molar-refractivity contribution in [2.24, 2.45) is 0 Å². The van der Waals surface area contributed by atoms with Crippen LogP contribution in [0.25, 0.3) is 0 Å². The number of carbonyl (C=O) groups is 2. The summed E-state index contributed by atoms with van der Waals surface area (Å²) in [7, 11) is 0. The van der Waals surface area contributed by atoms with E-state index in [0.29, 0.717) is 25.2 Å². The molecule has 1 aromatic rings. The van der Waals surface area contributed by atoms with Gasteiger partial charge in [0.15, 0.2) is 0 Å². The first-order valence-electron chi connectivity index (χ1n) is 5.74. The van der Waals surface area contributed by atoms with Crippen LogP contribution in [-0.4, -0.2) is 46.3 Å². The predicted octanol–water partition coefficient (Wildman–Crippen LogP) is 1.64. The van der Waals surface area contributed by atoms with Crippen molar-refractivity contribution in [3.63, 3.8) is 0 Å². The Labute approximate surface area is 114 Å². The number of carbonyl (C=O) groups excluding carboxylic acids is 1. The van der Waals surface area contributed by atoms with Gasteiger partial charge in [-0.25, -0.2) is 9.59 Å². The molecule has 1 aliphatic rings. The number of nitrogens with one attached hydrogen (secondary N) is 1. The van der Waals surface area contributed by atoms with Crippen LogP contribution < -0.4 is 5.32 Å². The molecule has 7 heteroatoms. The van der Waals surface area contributed by atoms with Crippen molar-refractivity contribution in [3.05, 3.63) is 28.8 Å². The lowest BCUT2D eigenvalue weighted by molar-refractivity contribution is 0.0697. The van der Waals surface area contributed by atoms with E-state index in [0.717, 1.165) is 0 Å². The van der Waals surface area contributed by atoms with E-state index in [9.17, 15) is 14.7 Å². The monoisotopic (exact) mass is 284 g/mol. The summed E-state index contributed by atoms with van der Waals surface area (Å²) in [5, 5.41) is 20.9. The van der Waals surface area contributed by atoms with Crippen molar-refractivity contribution < 1.29 is 19.8 Å². The van der Waals surface area contributed by atoms with Gasteiger partial charge in [-0.15, -0.1) is 0 Å². The number of hydrogen-bond acceptors (Lipinski definition) is 3. The molecule has 102 valence electrons. The van der Waals surface area contributed by atoms with Crippen LogP contribution in [0.2, 0.25) is 5.02 Å². The zero-order chi connectivity index (χ0) is 14.0. The third kappa shape index (κ3) is 3.15.